The Kier molecular flexibility index (Phi) is 5.31. The van der Waals surface area contributed by atoms with Crippen LogP contribution in [0.2, 0.25) is 0 Å². The minimum atomic E-state index is -5.19. The number of hydrogen-bond acceptors (Lipinski definition) is 6. The van der Waals surface area contributed by atoms with Crippen LogP contribution >= 0.6 is 0 Å². The molecule has 3 aromatic rings. The van der Waals surface area contributed by atoms with Crippen molar-refractivity contribution in [2.75, 3.05) is 27.7 Å². The zero-order valence-electron chi connectivity index (χ0n) is 16.9. The predicted molar refractivity (Wildman–Crippen MR) is 106 cm³/mol. The average Bonchev–Trinajstić information content (AvgIpc) is 2.66. The predicted octanol–water partition coefficient (Wildman–Crippen LogP) is 2.54. The summed E-state index contributed by atoms with van der Waals surface area (Å²) in [4.78, 5) is 8.78. The molecule has 4 rings (SSSR count). The summed E-state index contributed by atoms with van der Waals surface area (Å²) in [5.74, 6) is -2.89. The van der Waals surface area contributed by atoms with Crippen LogP contribution in [0.1, 0.15) is 5.56 Å². The molecule has 3 N–H and O–H groups in total. The number of halogens is 3. The Hall–Kier alpha value is -3.40. The van der Waals surface area contributed by atoms with E-state index in [-0.39, 0.29) is 17.2 Å². The van der Waals surface area contributed by atoms with Crippen LogP contribution in [0.5, 0.6) is 23.0 Å². The number of likely N-dealkylation sites (N-methyl/N-ethyl adjacent to an activating group) is 1. The Morgan fingerprint density at radius 3 is 2.19 bits per heavy atom. The molecule has 1 aliphatic rings. The molecule has 0 fully saturated rings. The van der Waals surface area contributed by atoms with Gasteiger partial charge in [-0.2, -0.15) is 13.2 Å². The van der Waals surface area contributed by atoms with Crippen molar-refractivity contribution < 1.29 is 43.1 Å². The lowest BCUT2D eigenvalue weighted by molar-refractivity contribution is -0.344. The van der Waals surface area contributed by atoms with Gasteiger partial charge in [0, 0.05) is 17.9 Å². The summed E-state index contributed by atoms with van der Waals surface area (Å²) in [6, 6.07) is 6.97. The van der Waals surface area contributed by atoms with Crippen molar-refractivity contribution in [3.63, 3.8) is 0 Å². The molecule has 10 heteroatoms. The number of carboxylic acid groups (broad SMARTS) is 1. The minimum absolute atomic E-state index is 0.0649. The van der Waals surface area contributed by atoms with Crippen molar-refractivity contribution >= 4 is 33.2 Å². The molecule has 0 aromatic heterocycles. The Bertz CT molecular complexity index is 1200. The molecule has 0 saturated heterocycles. The van der Waals surface area contributed by atoms with Crippen LogP contribution in [0, 0.1) is 0 Å². The normalized spacial score (nSPS) is 14.8. The van der Waals surface area contributed by atoms with Crippen molar-refractivity contribution in [2.45, 2.75) is 12.6 Å². The minimum Gasteiger partial charge on any atom is -0.542 e. The number of fused-ring (bicyclic) bond motifs is 2. The highest BCUT2D eigenvalue weighted by molar-refractivity contribution is 6.18. The molecule has 1 aliphatic heterocycles. The molecule has 0 unspecified atom stereocenters. The van der Waals surface area contributed by atoms with E-state index in [1.165, 1.54) is 19.2 Å². The Morgan fingerprint density at radius 2 is 1.65 bits per heavy atom. The third-order valence-electron chi connectivity index (χ3n) is 5.35. The molecule has 0 spiro atoms. The van der Waals surface area contributed by atoms with E-state index in [1.807, 2.05) is 12.1 Å². The first-order valence-corrected chi connectivity index (χ1v) is 9.11. The van der Waals surface area contributed by atoms with Gasteiger partial charge in [-0.1, -0.05) is 0 Å². The summed E-state index contributed by atoms with van der Waals surface area (Å²) in [6.45, 7) is 0.936. The van der Waals surface area contributed by atoms with Crippen LogP contribution in [0.15, 0.2) is 24.3 Å². The zero-order valence-corrected chi connectivity index (χ0v) is 16.9. The van der Waals surface area contributed by atoms with E-state index in [9.17, 15) is 28.5 Å². The van der Waals surface area contributed by atoms with E-state index in [4.69, 9.17) is 14.6 Å². The van der Waals surface area contributed by atoms with E-state index in [1.54, 1.807) is 0 Å². The fraction of sp³-hybridized carbons (Fsp3) is 0.286. The number of methoxy groups -OCH3 is 1. The summed E-state index contributed by atoms with van der Waals surface area (Å²) in [6.07, 6.45) is -4.32. The number of aliphatic carboxylic acids is 1. The standard InChI is InChI=1S/C19H19NO4.C2HF3O2/c1-20(2)5-4-10-8-16(24-3)19(23)18-12-9-15(22)14(21)7-11(12)6-13(20)17(10)18;3-2(4,5)1(6)7/h6-9H,4-5H2,1-3H3,(H2-,21,22,23);(H,6,7). The number of phenolic OH excluding ortho intramolecular Hbond substituents is 3. The highest BCUT2D eigenvalue weighted by atomic mass is 19.4. The Balaban J connectivity index is 0.000000339. The highest BCUT2D eigenvalue weighted by Crippen LogP contribution is 2.49. The van der Waals surface area contributed by atoms with E-state index in [2.05, 4.69) is 14.1 Å². The van der Waals surface area contributed by atoms with E-state index in [0.29, 0.717) is 21.0 Å². The number of carbonyl (C=O) groups is 1. The van der Waals surface area contributed by atoms with Gasteiger partial charge in [0.1, 0.15) is 11.7 Å². The van der Waals surface area contributed by atoms with Gasteiger partial charge in [-0.15, -0.1) is 0 Å². The van der Waals surface area contributed by atoms with Gasteiger partial charge in [-0.05, 0) is 34.5 Å². The Labute approximate surface area is 174 Å². The van der Waals surface area contributed by atoms with Crippen molar-refractivity contribution in [1.82, 2.24) is 4.48 Å². The van der Waals surface area contributed by atoms with Crippen LogP contribution in [0.25, 0.3) is 21.5 Å². The maximum atomic E-state index is 10.8. The van der Waals surface area contributed by atoms with Crippen LogP contribution in [0.4, 0.5) is 18.9 Å². The van der Waals surface area contributed by atoms with Crippen molar-refractivity contribution in [3.8, 4) is 23.0 Å². The molecule has 0 bridgehead atoms. The maximum absolute atomic E-state index is 10.8. The third-order valence-corrected chi connectivity index (χ3v) is 5.35. The van der Waals surface area contributed by atoms with Crippen molar-refractivity contribution in [2.24, 2.45) is 0 Å². The Morgan fingerprint density at radius 1 is 1.06 bits per heavy atom. The number of rotatable bonds is 1. The lowest BCUT2D eigenvalue weighted by Crippen LogP contribution is -2.44. The molecule has 0 atom stereocenters. The van der Waals surface area contributed by atoms with Crippen LogP contribution in [-0.2, 0) is 11.2 Å². The second-order valence-electron chi connectivity index (χ2n) is 7.74. The van der Waals surface area contributed by atoms with Crippen LogP contribution in [-0.4, -0.2) is 55.2 Å². The fourth-order valence-electron chi connectivity index (χ4n) is 3.75. The number of alkyl halides is 3. The number of hydrogen-bond donors (Lipinski definition) is 3. The van der Waals surface area contributed by atoms with Gasteiger partial charge < -0.3 is 30.0 Å². The maximum Gasteiger partial charge on any atom is 0.430 e. The van der Waals surface area contributed by atoms with Gasteiger partial charge in [-0.25, -0.2) is 0 Å². The van der Waals surface area contributed by atoms with E-state index >= 15 is 0 Å². The number of quaternary nitrogens is 1. The van der Waals surface area contributed by atoms with Gasteiger partial charge >= 0.3 is 6.18 Å². The number of carbonyl (C=O) groups excluding carboxylic acids is 1. The smallest absolute Gasteiger partial charge is 0.430 e. The number of benzene rings is 3. The molecule has 0 saturated carbocycles. The summed E-state index contributed by atoms with van der Waals surface area (Å²) in [5, 5.41) is 42.5. The van der Waals surface area contributed by atoms with Gasteiger partial charge in [0.2, 0.25) is 0 Å². The summed E-state index contributed by atoms with van der Waals surface area (Å²) in [7, 11) is 5.79. The van der Waals surface area contributed by atoms with Gasteiger partial charge in [-0.3, -0.25) is 4.48 Å². The number of aromatic hydroxyl groups is 3. The van der Waals surface area contributed by atoms with Crippen LogP contribution in [0.3, 0.4) is 0 Å². The molecule has 0 amide bonds. The number of ether oxygens (including phenoxy) is 1. The second-order valence-corrected chi connectivity index (χ2v) is 7.74. The monoisotopic (exact) mass is 439 g/mol. The van der Waals surface area contributed by atoms with Gasteiger partial charge in [0.25, 0.3) is 0 Å². The van der Waals surface area contributed by atoms with E-state index in [0.717, 1.165) is 35.0 Å². The quantitative estimate of drug-likeness (QED) is 0.305. The first-order valence-electron chi connectivity index (χ1n) is 9.11. The molecular formula is C21H20F3NO6. The molecular weight excluding hydrogens is 419 g/mol. The van der Waals surface area contributed by atoms with Crippen LogP contribution < -0.4 is 14.3 Å². The highest BCUT2D eigenvalue weighted by Gasteiger charge is 2.32. The summed E-state index contributed by atoms with van der Waals surface area (Å²) < 4.78 is 37.6. The van der Waals surface area contributed by atoms with Gasteiger partial charge in [0.15, 0.2) is 23.0 Å². The molecule has 166 valence electrons. The average molecular weight is 439 g/mol. The SMILES string of the molecule is COc1cc2c3c(cc4cc(O)c(O)cc4c3c1O)[N+](C)(C)CC2.O=C([O-])C(F)(F)F. The van der Waals surface area contributed by atoms with Crippen molar-refractivity contribution in [1.29, 1.82) is 0 Å². The lowest BCUT2D eigenvalue weighted by Gasteiger charge is -2.35. The van der Waals surface area contributed by atoms with E-state index < -0.39 is 12.1 Å². The molecule has 31 heavy (non-hydrogen) atoms. The van der Waals surface area contributed by atoms with Gasteiger partial charge in [0.05, 0.1) is 33.1 Å². The third kappa shape index (κ3) is 3.86. The molecule has 0 aliphatic carbocycles. The zero-order chi connectivity index (χ0) is 23.3. The fourth-order valence-corrected chi connectivity index (χ4v) is 3.75. The first kappa shape index (κ1) is 22.3. The number of carboxylic acids is 1. The molecule has 7 nitrogen and oxygen atoms in total. The second kappa shape index (κ2) is 7.38. The molecule has 0 radical (unpaired) electrons. The first-order chi connectivity index (χ1) is 14.3. The topological polar surface area (TPSA) is 110 Å². The lowest BCUT2D eigenvalue weighted by atomic mass is 9.90. The summed E-state index contributed by atoms with van der Waals surface area (Å²) >= 11 is 0. The number of phenols is 3. The molecule has 3 aromatic carbocycles. The largest absolute Gasteiger partial charge is 0.542 e. The summed E-state index contributed by atoms with van der Waals surface area (Å²) in [5.41, 5.74) is 2.21. The molecule has 1 heterocycles. The number of nitrogens with zero attached hydrogens (tertiary/aromatic N) is 1. The van der Waals surface area contributed by atoms with Crippen molar-refractivity contribution in [3.05, 3.63) is 29.8 Å².